The van der Waals surface area contributed by atoms with Gasteiger partial charge in [0, 0.05) is 44.3 Å². The van der Waals surface area contributed by atoms with Crippen LogP contribution in [0.3, 0.4) is 0 Å². The Morgan fingerprint density at radius 1 is 0.328 bits per heavy atom. The molecule has 0 unspecified atom stereocenters. The van der Waals surface area contributed by atoms with E-state index < -0.39 is 5.54 Å². The zero-order valence-electron chi connectivity index (χ0n) is 31.7. The van der Waals surface area contributed by atoms with Gasteiger partial charge in [-0.3, -0.25) is 0 Å². The zero-order chi connectivity index (χ0) is 38.2. The number of anilines is 3. The molecule has 0 bridgehead atoms. The number of nitrogens with zero attached hydrogens (tertiary/aromatic N) is 3. The lowest BCUT2D eigenvalue weighted by molar-refractivity contribution is 0.564. The SMILES string of the molecule is c1ccc(N(c2ccc3c(c2)c2ccccc2n3-c2ccccc2)c2ccc3c(c2)c2ccccc2n3C2(c3ccccc3)c3ccccc3-c3ccccc32)cc1. The van der Waals surface area contributed by atoms with Crippen molar-refractivity contribution >= 4 is 60.7 Å². The smallest absolute Gasteiger partial charge is 0.122 e. The molecule has 0 amide bonds. The van der Waals surface area contributed by atoms with Gasteiger partial charge in [0.15, 0.2) is 0 Å². The minimum atomic E-state index is -0.589. The second kappa shape index (κ2) is 12.7. The molecule has 2 heterocycles. The molecule has 1 aliphatic rings. The topological polar surface area (TPSA) is 13.1 Å². The minimum absolute atomic E-state index is 0.589. The molecule has 1 aliphatic carbocycles. The Morgan fingerprint density at radius 2 is 0.776 bits per heavy atom. The lowest BCUT2D eigenvalue weighted by atomic mass is 9.80. The van der Waals surface area contributed by atoms with Crippen molar-refractivity contribution in [2.75, 3.05) is 4.90 Å². The third kappa shape index (κ3) is 4.56. The van der Waals surface area contributed by atoms with Crippen LogP contribution in [0.1, 0.15) is 16.7 Å². The van der Waals surface area contributed by atoms with Crippen molar-refractivity contribution in [1.82, 2.24) is 9.13 Å². The Hall–Kier alpha value is -7.62. The molecular formula is C55H37N3. The first-order chi connectivity index (χ1) is 28.8. The second-order valence-corrected chi connectivity index (χ2v) is 15.3. The fourth-order valence-corrected chi connectivity index (χ4v) is 10.0. The number of rotatable bonds is 6. The van der Waals surface area contributed by atoms with Crippen LogP contribution in [0, 0.1) is 0 Å². The van der Waals surface area contributed by atoms with E-state index >= 15 is 0 Å². The molecule has 0 N–H and O–H groups in total. The standard InChI is InChI=1S/C55H37N3/c1-4-18-38(19-5-1)55(49-28-14-10-24-43(49)44-25-11-15-29-50(44)55)58-53-31-17-13-27-46(53)48-37-42(33-35-54(48)58)56(39-20-6-2-7-21-39)41-32-34-52-47(36-41)45-26-12-16-30-51(45)57(52)40-22-8-3-9-23-40/h1-37H. The lowest BCUT2D eigenvalue weighted by Crippen LogP contribution is -2.35. The quantitative estimate of drug-likeness (QED) is 0.165. The molecule has 9 aromatic carbocycles. The number of para-hydroxylation sites is 4. The predicted octanol–water partition coefficient (Wildman–Crippen LogP) is 14.2. The fraction of sp³-hybridized carbons (Fsp3) is 0.0182. The third-order valence-electron chi connectivity index (χ3n) is 12.3. The Balaban J connectivity index is 1.13. The van der Waals surface area contributed by atoms with Crippen LogP contribution in [0.25, 0.3) is 60.4 Å². The van der Waals surface area contributed by atoms with Crippen molar-refractivity contribution in [2.24, 2.45) is 0 Å². The molecule has 3 nitrogen and oxygen atoms in total. The molecule has 0 radical (unpaired) electrons. The summed E-state index contributed by atoms with van der Waals surface area (Å²) in [5.41, 5.74) is 15.1. The molecule has 12 rings (SSSR count). The van der Waals surface area contributed by atoms with E-state index in [9.17, 15) is 0 Å². The highest BCUT2D eigenvalue weighted by Crippen LogP contribution is 2.56. The van der Waals surface area contributed by atoms with E-state index in [1.807, 2.05) is 0 Å². The van der Waals surface area contributed by atoms with E-state index in [1.54, 1.807) is 0 Å². The summed E-state index contributed by atoms with van der Waals surface area (Å²) >= 11 is 0. The molecule has 0 atom stereocenters. The lowest BCUT2D eigenvalue weighted by Gasteiger charge is -2.36. The summed E-state index contributed by atoms with van der Waals surface area (Å²) < 4.78 is 5.00. The molecule has 58 heavy (non-hydrogen) atoms. The number of benzene rings is 9. The molecule has 3 heteroatoms. The average Bonchev–Trinajstić information content (AvgIpc) is 3.91. The second-order valence-electron chi connectivity index (χ2n) is 15.3. The van der Waals surface area contributed by atoms with E-state index in [4.69, 9.17) is 0 Å². The monoisotopic (exact) mass is 739 g/mol. The van der Waals surface area contributed by atoms with Gasteiger partial charge in [-0.15, -0.1) is 0 Å². The molecule has 0 saturated carbocycles. The summed E-state index contributed by atoms with van der Waals surface area (Å²) in [5, 5.41) is 4.90. The predicted molar refractivity (Wildman–Crippen MR) is 242 cm³/mol. The minimum Gasteiger partial charge on any atom is -0.322 e. The summed E-state index contributed by atoms with van der Waals surface area (Å²) in [6.45, 7) is 0. The van der Waals surface area contributed by atoms with Crippen LogP contribution in [0.15, 0.2) is 224 Å². The Morgan fingerprint density at radius 3 is 1.43 bits per heavy atom. The molecule has 0 saturated heterocycles. The Kier molecular flexibility index (Phi) is 7.14. The van der Waals surface area contributed by atoms with E-state index in [1.165, 1.54) is 71.4 Å². The summed E-state index contributed by atoms with van der Waals surface area (Å²) in [4.78, 5) is 2.41. The van der Waals surface area contributed by atoms with E-state index in [0.29, 0.717) is 0 Å². The van der Waals surface area contributed by atoms with Gasteiger partial charge in [-0.1, -0.05) is 152 Å². The van der Waals surface area contributed by atoms with Gasteiger partial charge in [-0.05, 0) is 101 Å². The van der Waals surface area contributed by atoms with Crippen LogP contribution in [0.4, 0.5) is 17.1 Å². The highest BCUT2D eigenvalue weighted by molar-refractivity contribution is 6.12. The Bertz CT molecular complexity index is 3290. The number of aromatic nitrogens is 2. The summed E-state index contributed by atoms with van der Waals surface area (Å²) in [5.74, 6) is 0. The summed E-state index contributed by atoms with van der Waals surface area (Å²) in [6.07, 6.45) is 0. The van der Waals surface area contributed by atoms with Crippen molar-refractivity contribution in [2.45, 2.75) is 5.54 Å². The highest BCUT2D eigenvalue weighted by Gasteiger charge is 2.47. The van der Waals surface area contributed by atoms with Gasteiger partial charge in [-0.2, -0.15) is 0 Å². The van der Waals surface area contributed by atoms with Crippen molar-refractivity contribution in [3.05, 3.63) is 241 Å². The van der Waals surface area contributed by atoms with Gasteiger partial charge in [0.05, 0.1) is 22.1 Å². The van der Waals surface area contributed by atoms with Gasteiger partial charge >= 0.3 is 0 Å². The van der Waals surface area contributed by atoms with Gasteiger partial charge < -0.3 is 14.0 Å². The van der Waals surface area contributed by atoms with Crippen LogP contribution in [-0.2, 0) is 5.54 Å². The van der Waals surface area contributed by atoms with Crippen LogP contribution in [0.5, 0.6) is 0 Å². The van der Waals surface area contributed by atoms with Crippen LogP contribution < -0.4 is 4.90 Å². The average molecular weight is 740 g/mol. The van der Waals surface area contributed by atoms with E-state index in [0.717, 1.165) is 22.7 Å². The Labute approximate surface area is 336 Å². The first-order valence-corrected chi connectivity index (χ1v) is 20.0. The van der Waals surface area contributed by atoms with E-state index in [-0.39, 0.29) is 0 Å². The first kappa shape index (κ1) is 32.6. The normalized spacial score (nSPS) is 13.0. The van der Waals surface area contributed by atoms with Gasteiger partial charge in [-0.25, -0.2) is 0 Å². The molecule has 0 spiro atoms. The van der Waals surface area contributed by atoms with Crippen molar-refractivity contribution in [3.63, 3.8) is 0 Å². The van der Waals surface area contributed by atoms with Crippen LogP contribution >= 0.6 is 0 Å². The molecule has 272 valence electrons. The molecule has 2 aromatic heterocycles. The maximum atomic E-state index is 2.62. The largest absolute Gasteiger partial charge is 0.322 e. The molecule has 11 aromatic rings. The van der Waals surface area contributed by atoms with Gasteiger partial charge in [0.25, 0.3) is 0 Å². The molecular weight excluding hydrogens is 703 g/mol. The highest BCUT2D eigenvalue weighted by atomic mass is 15.1. The van der Waals surface area contributed by atoms with Crippen LogP contribution in [-0.4, -0.2) is 9.13 Å². The molecule has 0 fully saturated rings. The van der Waals surface area contributed by atoms with Crippen molar-refractivity contribution < 1.29 is 0 Å². The number of hydrogen-bond acceptors (Lipinski definition) is 1. The fourth-order valence-electron chi connectivity index (χ4n) is 10.0. The molecule has 0 aliphatic heterocycles. The first-order valence-electron chi connectivity index (χ1n) is 20.0. The number of hydrogen-bond donors (Lipinski definition) is 0. The summed E-state index contributed by atoms with van der Waals surface area (Å²) in [7, 11) is 0. The maximum Gasteiger partial charge on any atom is 0.122 e. The zero-order valence-corrected chi connectivity index (χ0v) is 31.7. The number of fused-ring (bicyclic) bond motifs is 9. The summed E-state index contributed by atoms with van der Waals surface area (Å²) in [6, 6.07) is 82.2. The maximum absolute atomic E-state index is 2.62. The van der Waals surface area contributed by atoms with Gasteiger partial charge in [0.2, 0.25) is 0 Å². The van der Waals surface area contributed by atoms with Crippen molar-refractivity contribution in [1.29, 1.82) is 0 Å². The third-order valence-corrected chi connectivity index (χ3v) is 12.3. The van der Waals surface area contributed by atoms with E-state index in [2.05, 4.69) is 238 Å². The van der Waals surface area contributed by atoms with Gasteiger partial charge in [0.1, 0.15) is 5.54 Å². The van der Waals surface area contributed by atoms with Crippen molar-refractivity contribution in [3.8, 4) is 16.8 Å². The van der Waals surface area contributed by atoms with Crippen LogP contribution in [0.2, 0.25) is 0 Å².